The molecule has 0 saturated carbocycles. The molecule has 1 saturated heterocycles. The van der Waals surface area contributed by atoms with Crippen molar-refractivity contribution in [2.75, 3.05) is 27.2 Å². The molecule has 1 aromatic rings. The minimum Gasteiger partial charge on any atom is -0.390 e. The Morgan fingerprint density at radius 2 is 2.12 bits per heavy atom. The van der Waals surface area contributed by atoms with Crippen molar-refractivity contribution in [2.24, 2.45) is 0 Å². The van der Waals surface area contributed by atoms with E-state index >= 15 is 0 Å². The molecule has 136 valence electrons. The van der Waals surface area contributed by atoms with Crippen LogP contribution >= 0.6 is 11.3 Å². The van der Waals surface area contributed by atoms with E-state index in [9.17, 15) is 13.5 Å². The number of β-amino-alcohol motifs (C(OH)–C–C–N with tert-alkyl or cyclic N) is 1. The molecule has 0 unspecified atom stereocenters. The zero-order valence-electron chi connectivity index (χ0n) is 14.2. The Morgan fingerprint density at radius 3 is 2.79 bits per heavy atom. The molecule has 3 rings (SSSR count). The highest BCUT2D eigenvalue weighted by Gasteiger charge is 2.32. The summed E-state index contributed by atoms with van der Waals surface area (Å²) in [5.74, 6) is 0. The number of hydrogen-bond acceptors (Lipinski definition) is 6. The molecule has 0 amide bonds. The predicted octanol–water partition coefficient (Wildman–Crippen LogP) is 0.353. The minimum atomic E-state index is -3.51. The van der Waals surface area contributed by atoms with Crippen molar-refractivity contribution in [3.05, 3.63) is 15.6 Å². The number of rotatable bonds is 5. The summed E-state index contributed by atoms with van der Waals surface area (Å²) in [6.07, 6.45) is 4.60. The number of likely N-dealkylation sites (tertiary alicyclic amines) is 1. The van der Waals surface area contributed by atoms with Crippen LogP contribution in [0.2, 0.25) is 0 Å². The third-order valence-electron chi connectivity index (χ3n) is 4.70. The second-order valence-corrected chi connectivity index (χ2v) is 9.87. The summed E-state index contributed by atoms with van der Waals surface area (Å²) >= 11 is 1.79. The number of aliphatic hydroxyl groups is 1. The maximum atomic E-state index is 11.9. The fourth-order valence-electron chi connectivity index (χ4n) is 3.24. The van der Waals surface area contributed by atoms with Gasteiger partial charge in [-0.3, -0.25) is 4.90 Å². The summed E-state index contributed by atoms with van der Waals surface area (Å²) in [5.41, 5.74) is 1.26. The molecule has 0 spiro atoms. The molecule has 2 aliphatic rings. The van der Waals surface area contributed by atoms with Crippen LogP contribution in [0.15, 0.2) is 0 Å². The topological polar surface area (TPSA) is 85.8 Å². The molecule has 1 aromatic heterocycles. The van der Waals surface area contributed by atoms with Gasteiger partial charge in [-0.05, 0) is 32.1 Å². The molecule has 0 aromatic carbocycles. The number of aliphatic hydroxyl groups excluding tert-OH is 1. The zero-order valence-corrected chi connectivity index (χ0v) is 15.9. The first kappa shape index (κ1) is 18.2. The molecular formula is C15H26N4O3S2. The quantitative estimate of drug-likeness (QED) is 0.777. The van der Waals surface area contributed by atoms with E-state index in [4.69, 9.17) is 4.98 Å². The van der Waals surface area contributed by atoms with Crippen LogP contribution in [0.1, 0.15) is 34.8 Å². The molecular weight excluding hydrogens is 348 g/mol. The molecule has 24 heavy (non-hydrogen) atoms. The Hall–Kier alpha value is -0.580. The van der Waals surface area contributed by atoms with E-state index < -0.39 is 22.4 Å². The highest BCUT2D eigenvalue weighted by molar-refractivity contribution is 7.87. The molecule has 2 heterocycles. The van der Waals surface area contributed by atoms with E-state index in [1.807, 2.05) is 0 Å². The van der Waals surface area contributed by atoms with Crippen LogP contribution in [0.5, 0.6) is 0 Å². The largest absolute Gasteiger partial charge is 0.390 e. The van der Waals surface area contributed by atoms with Crippen molar-refractivity contribution in [2.45, 2.75) is 50.8 Å². The van der Waals surface area contributed by atoms with Crippen molar-refractivity contribution in [1.29, 1.82) is 0 Å². The third-order valence-corrected chi connectivity index (χ3v) is 7.40. The van der Waals surface area contributed by atoms with Gasteiger partial charge in [-0.15, -0.1) is 11.3 Å². The minimum absolute atomic E-state index is 0.432. The molecule has 0 bridgehead atoms. The van der Waals surface area contributed by atoms with Gasteiger partial charge in [-0.2, -0.15) is 17.4 Å². The maximum absolute atomic E-state index is 11.9. The Bertz CT molecular complexity index is 651. The first-order valence-corrected chi connectivity index (χ1v) is 10.7. The van der Waals surface area contributed by atoms with Crippen molar-refractivity contribution in [3.63, 3.8) is 0 Å². The number of nitrogens with zero attached hydrogens (tertiary/aromatic N) is 3. The van der Waals surface area contributed by atoms with Crippen molar-refractivity contribution in [1.82, 2.24) is 18.9 Å². The molecule has 1 fully saturated rings. The molecule has 1 aliphatic heterocycles. The number of piperidine rings is 1. The van der Waals surface area contributed by atoms with Crippen LogP contribution in [-0.2, 0) is 29.6 Å². The van der Waals surface area contributed by atoms with Gasteiger partial charge in [0.15, 0.2) is 0 Å². The van der Waals surface area contributed by atoms with E-state index in [1.165, 1.54) is 37.5 Å². The van der Waals surface area contributed by atoms with Crippen LogP contribution in [0.3, 0.4) is 0 Å². The molecule has 2 N–H and O–H groups in total. The molecule has 0 radical (unpaired) electrons. The Labute approximate surface area is 147 Å². The number of hydrogen-bond donors (Lipinski definition) is 2. The van der Waals surface area contributed by atoms with Gasteiger partial charge >= 0.3 is 0 Å². The summed E-state index contributed by atoms with van der Waals surface area (Å²) in [7, 11) is -0.554. The lowest BCUT2D eigenvalue weighted by molar-refractivity contribution is 0.0441. The fourth-order valence-corrected chi connectivity index (χ4v) is 5.31. The van der Waals surface area contributed by atoms with E-state index in [-0.39, 0.29) is 0 Å². The van der Waals surface area contributed by atoms with Gasteiger partial charge in [-0.1, -0.05) is 0 Å². The smallest absolute Gasteiger partial charge is 0.279 e. The summed E-state index contributed by atoms with van der Waals surface area (Å²) in [6, 6.07) is -0.432. The monoisotopic (exact) mass is 374 g/mol. The van der Waals surface area contributed by atoms with Gasteiger partial charge in [0.05, 0.1) is 24.4 Å². The van der Waals surface area contributed by atoms with Crippen LogP contribution in [0.4, 0.5) is 0 Å². The first-order valence-electron chi connectivity index (χ1n) is 8.43. The number of nitrogens with one attached hydrogen (secondary N) is 1. The van der Waals surface area contributed by atoms with Crippen molar-refractivity contribution >= 4 is 21.5 Å². The van der Waals surface area contributed by atoms with E-state index in [0.29, 0.717) is 13.0 Å². The van der Waals surface area contributed by atoms with Crippen LogP contribution in [0.25, 0.3) is 0 Å². The van der Waals surface area contributed by atoms with Gasteiger partial charge in [0, 0.05) is 32.1 Å². The standard InChI is InChI=1S/C15H26N4O3S2/c1-18(2)24(21,22)17-11-7-8-19(9-13(11)20)10-15-16-12-5-3-4-6-14(12)23-15/h11,13,17,20H,3-10H2,1-2H3/t11-,13-/m1/s1. The van der Waals surface area contributed by atoms with E-state index in [0.717, 1.165) is 35.2 Å². The second-order valence-electron chi connectivity index (χ2n) is 6.79. The summed E-state index contributed by atoms with van der Waals surface area (Å²) in [5, 5.41) is 11.4. The lowest BCUT2D eigenvalue weighted by Gasteiger charge is -2.36. The SMILES string of the molecule is CN(C)S(=O)(=O)N[C@@H]1CCN(Cc2nc3c(s2)CCCC3)C[C@H]1O. The number of aryl methyl sites for hydroxylation is 2. The number of fused-ring (bicyclic) bond motifs is 1. The Morgan fingerprint density at radius 1 is 1.38 bits per heavy atom. The summed E-state index contributed by atoms with van der Waals surface area (Å²) in [4.78, 5) is 8.33. The highest BCUT2D eigenvalue weighted by atomic mass is 32.2. The first-order chi connectivity index (χ1) is 11.3. The molecule has 2 atom stereocenters. The van der Waals surface area contributed by atoms with Gasteiger partial charge in [0.2, 0.25) is 0 Å². The molecule has 1 aliphatic carbocycles. The van der Waals surface area contributed by atoms with E-state index in [1.54, 1.807) is 11.3 Å². The summed E-state index contributed by atoms with van der Waals surface area (Å²) < 4.78 is 27.5. The van der Waals surface area contributed by atoms with Gasteiger partial charge in [-0.25, -0.2) is 4.98 Å². The lowest BCUT2D eigenvalue weighted by Crippen LogP contribution is -2.55. The average Bonchev–Trinajstić information content (AvgIpc) is 2.92. The average molecular weight is 375 g/mol. The normalized spacial score (nSPS) is 25.8. The molecule has 7 nitrogen and oxygen atoms in total. The highest BCUT2D eigenvalue weighted by Crippen LogP contribution is 2.28. The summed E-state index contributed by atoms with van der Waals surface area (Å²) in [6.45, 7) is 1.95. The van der Waals surface area contributed by atoms with Gasteiger partial charge in [0.25, 0.3) is 10.2 Å². The van der Waals surface area contributed by atoms with Crippen molar-refractivity contribution < 1.29 is 13.5 Å². The predicted molar refractivity (Wildman–Crippen MR) is 94.2 cm³/mol. The number of thiazole rings is 1. The zero-order chi connectivity index (χ0) is 17.3. The van der Waals surface area contributed by atoms with Gasteiger partial charge < -0.3 is 5.11 Å². The maximum Gasteiger partial charge on any atom is 0.279 e. The Kier molecular flexibility index (Phi) is 5.58. The van der Waals surface area contributed by atoms with E-state index in [2.05, 4.69) is 9.62 Å². The third kappa shape index (κ3) is 4.14. The van der Waals surface area contributed by atoms with Crippen LogP contribution in [0, 0.1) is 0 Å². The van der Waals surface area contributed by atoms with Crippen LogP contribution in [-0.4, -0.2) is 67.0 Å². The number of aromatic nitrogens is 1. The van der Waals surface area contributed by atoms with Gasteiger partial charge in [0.1, 0.15) is 5.01 Å². The fraction of sp³-hybridized carbons (Fsp3) is 0.800. The van der Waals surface area contributed by atoms with Crippen molar-refractivity contribution in [3.8, 4) is 0 Å². The molecule has 9 heteroatoms. The second kappa shape index (κ2) is 7.35. The Balaban J connectivity index is 1.56. The lowest BCUT2D eigenvalue weighted by atomic mass is 10.0. The van der Waals surface area contributed by atoms with Crippen LogP contribution < -0.4 is 4.72 Å².